The third-order valence-corrected chi connectivity index (χ3v) is 4.31. The molecule has 0 aromatic heterocycles. The molecule has 0 bridgehead atoms. The first-order chi connectivity index (χ1) is 9.97. The van der Waals surface area contributed by atoms with Crippen molar-refractivity contribution in [1.82, 2.24) is 10.6 Å². The van der Waals surface area contributed by atoms with Gasteiger partial charge in [-0.3, -0.25) is 4.79 Å². The zero-order chi connectivity index (χ0) is 15.3. The maximum atomic E-state index is 12.0. The van der Waals surface area contributed by atoms with Crippen LogP contribution >= 0.6 is 15.9 Å². The maximum absolute atomic E-state index is 12.0. The Balaban J connectivity index is 1.82. The number of hydrogen-bond donors (Lipinski definition) is 2. The Hall–Kier alpha value is -0.910. The van der Waals surface area contributed by atoms with Crippen LogP contribution in [-0.2, 0) is 14.9 Å². The molecule has 1 unspecified atom stereocenters. The van der Waals surface area contributed by atoms with Crippen LogP contribution in [0.1, 0.15) is 25.8 Å². The summed E-state index contributed by atoms with van der Waals surface area (Å²) in [5, 5.41) is 6.33. The third kappa shape index (κ3) is 5.09. The monoisotopic (exact) mass is 354 g/mol. The Morgan fingerprint density at radius 2 is 2.14 bits per heavy atom. The van der Waals surface area contributed by atoms with E-state index in [4.69, 9.17) is 4.74 Å². The fourth-order valence-corrected chi connectivity index (χ4v) is 2.63. The van der Waals surface area contributed by atoms with Gasteiger partial charge in [0.15, 0.2) is 0 Å². The van der Waals surface area contributed by atoms with Crippen molar-refractivity contribution in [2.75, 3.05) is 26.3 Å². The zero-order valence-corrected chi connectivity index (χ0v) is 14.2. The molecule has 1 aromatic carbocycles. The first-order valence-corrected chi connectivity index (χ1v) is 8.10. The summed E-state index contributed by atoms with van der Waals surface area (Å²) in [7, 11) is 0. The molecular weight excluding hydrogens is 332 g/mol. The van der Waals surface area contributed by atoms with Crippen LogP contribution in [0.3, 0.4) is 0 Å². The molecule has 0 radical (unpaired) electrons. The van der Waals surface area contributed by atoms with E-state index in [1.807, 2.05) is 12.1 Å². The second-order valence-corrected chi connectivity index (χ2v) is 7.01. The van der Waals surface area contributed by atoms with Crippen LogP contribution in [0.25, 0.3) is 0 Å². The minimum absolute atomic E-state index is 0.0724. The molecule has 1 heterocycles. The van der Waals surface area contributed by atoms with Gasteiger partial charge in [-0.25, -0.2) is 0 Å². The van der Waals surface area contributed by atoms with E-state index >= 15 is 0 Å². The largest absolute Gasteiger partial charge is 0.378 e. The van der Waals surface area contributed by atoms with Gasteiger partial charge >= 0.3 is 0 Å². The molecule has 1 aliphatic rings. The smallest absolute Gasteiger partial charge is 0.221 e. The summed E-state index contributed by atoms with van der Waals surface area (Å²) in [6, 6.07) is 8.37. The average molecular weight is 355 g/mol. The van der Waals surface area contributed by atoms with E-state index in [9.17, 15) is 4.79 Å². The van der Waals surface area contributed by atoms with Gasteiger partial charge in [-0.15, -0.1) is 0 Å². The molecule has 2 N–H and O–H groups in total. The number of carbonyl (C=O) groups excluding carboxylic acids is 1. The number of hydrogen-bond acceptors (Lipinski definition) is 3. The van der Waals surface area contributed by atoms with Crippen LogP contribution < -0.4 is 10.6 Å². The van der Waals surface area contributed by atoms with E-state index < -0.39 is 0 Å². The van der Waals surface area contributed by atoms with Crippen LogP contribution in [0.2, 0.25) is 0 Å². The van der Waals surface area contributed by atoms with Crippen molar-refractivity contribution in [3.63, 3.8) is 0 Å². The second kappa shape index (κ2) is 7.38. The van der Waals surface area contributed by atoms with Gasteiger partial charge in [0.05, 0.1) is 13.2 Å². The summed E-state index contributed by atoms with van der Waals surface area (Å²) in [4.78, 5) is 12.0. The van der Waals surface area contributed by atoms with Gasteiger partial charge in [0.1, 0.15) is 0 Å². The van der Waals surface area contributed by atoms with Crippen LogP contribution in [0.4, 0.5) is 0 Å². The predicted octanol–water partition coefficient (Wildman–Crippen LogP) is 2.22. The molecule has 1 aliphatic heterocycles. The summed E-state index contributed by atoms with van der Waals surface area (Å²) in [6.07, 6.45) is 0.469. The van der Waals surface area contributed by atoms with E-state index in [1.165, 1.54) is 5.56 Å². The fraction of sp³-hybridized carbons (Fsp3) is 0.562. The molecule has 1 fully saturated rings. The van der Waals surface area contributed by atoms with E-state index in [2.05, 4.69) is 52.5 Å². The predicted molar refractivity (Wildman–Crippen MR) is 87.4 cm³/mol. The normalized spacial score (nSPS) is 19.3. The number of nitrogens with one attached hydrogen (secondary N) is 2. The van der Waals surface area contributed by atoms with Gasteiger partial charge in [-0.1, -0.05) is 41.9 Å². The van der Waals surface area contributed by atoms with Gasteiger partial charge in [-0.2, -0.15) is 0 Å². The Morgan fingerprint density at radius 1 is 1.43 bits per heavy atom. The van der Waals surface area contributed by atoms with Gasteiger partial charge in [0, 0.05) is 35.4 Å². The Kier molecular flexibility index (Phi) is 5.79. The minimum atomic E-state index is -0.0904. The van der Waals surface area contributed by atoms with Gasteiger partial charge in [0.2, 0.25) is 5.91 Å². The number of morpholine rings is 1. The molecule has 4 nitrogen and oxygen atoms in total. The summed E-state index contributed by atoms with van der Waals surface area (Å²) in [5.74, 6) is 0.0724. The topological polar surface area (TPSA) is 50.4 Å². The lowest BCUT2D eigenvalue weighted by atomic mass is 9.84. The first kappa shape index (κ1) is 16.5. The number of ether oxygens (including phenoxy) is 1. The highest BCUT2D eigenvalue weighted by Crippen LogP contribution is 2.24. The lowest BCUT2D eigenvalue weighted by molar-refractivity contribution is -0.122. The molecule has 5 heteroatoms. The molecular formula is C16H23BrN2O2. The van der Waals surface area contributed by atoms with Gasteiger partial charge in [0.25, 0.3) is 0 Å². The molecule has 2 rings (SSSR count). The van der Waals surface area contributed by atoms with Gasteiger partial charge < -0.3 is 15.4 Å². The highest BCUT2D eigenvalue weighted by Gasteiger charge is 2.23. The van der Waals surface area contributed by atoms with Crippen LogP contribution in [-0.4, -0.2) is 38.3 Å². The van der Waals surface area contributed by atoms with E-state index in [-0.39, 0.29) is 17.4 Å². The Bertz CT molecular complexity index is 468. The summed E-state index contributed by atoms with van der Waals surface area (Å²) in [6.45, 7) is 7.07. The van der Waals surface area contributed by atoms with Crippen LogP contribution in [0, 0.1) is 0 Å². The SMILES string of the molecule is CC(C)(CNC(=O)CC1COCCN1)c1ccc(Br)cc1. The highest BCUT2D eigenvalue weighted by atomic mass is 79.9. The lowest BCUT2D eigenvalue weighted by Crippen LogP contribution is -2.45. The van der Waals surface area contributed by atoms with Crippen molar-refractivity contribution < 1.29 is 9.53 Å². The van der Waals surface area contributed by atoms with Crippen LogP contribution in [0.15, 0.2) is 28.7 Å². The molecule has 1 saturated heterocycles. The number of halogens is 1. The van der Waals surface area contributed by atoms with Crippen molar-refractivity contribution in [3.05, 3.63) is 34.3 Å². The van der Waals surface area contributed by atoms with Crippen LogP contribution in [0.5, 0.6) is 0 Å². The molecule has 0 aliphatic carbocycles. The molecule has 1 atom stereocenters. The highest BCUT2D eigenvalue weighted by molar-refractivity contribution is 9.10. The summed E-state index contributed by atoms with van der Waals surface area (Å²) < 4.78 is 6.43. The quantitative estimate of drug-likeness (QED) is 0.852. The van der Waals surface area contributed by atoms with Crippen molar-refractivity contribution >= 4 is 21.8 Å². The number of amides is 1. The standard InChI is InChI=1S/C16H23BrN2O2/c1-16(2,12-3-5-13(17)6-4-12)11-19-15(20)9-14-10-21-8-7-18-14/h3-6,14,18H,7-11H2,1-2H3,(H,19,20). The summed E-state index contributed by atoms with van der Waals surface area (Å²) in [5.41, 5.74) is 1.12. The number of rotatable bonds is 5. The van der Waals surface area contributed by atoms with E-state index in [1.54, 1.807) is 0 Å². The Morgan fingerprint density at radius 3 is 2.76 bits per heavy atom. The molecule has 1 amide bonds. The molecule has 0 saturated carbocycles. The lowest BCUT2D eigenvalue weighted by Gasteiger charge is -2.27. The Labute approximate surface area is 134 Å². The molecule has 1 aromatic rings. The number of benzene rings is 1. The van der Waals surface area contributed by atoms with Gasteiger partial charge in [-0.05, 0) is 17.7 Å². The molecule has 116 valence electrons. The second-order valence-electron chi connectivity index (χ2n) is 6.10. The van der Waals surface area contributed by atoms with Crippen molar-refractivity contribution in [2.24, 2.45) is 0 Å². The van der Waals surface area contributed by atoms with Crippen molar-refractivity contribution in [1.29, 1.82) is 0 Å². The van der Waals surface area contributed by atoms with Crippen molar-refractivity contribution in [2.45, 2.75) is 31.7 Å². The van der Waals surface area contributed by atoms with E-state index in [0.29, 0.717) is 19.6 Å². The fourth-order valence-electron chi connectivity index (χ4n) is 2.37. The minimum Gasteiger partial charge on any atom is -0.378 e. The number of carbonyl (C=O) groups is 1. The maximum Gasteiger partial charge on any atom is 0.221 e. The zero-order valence-electron chi connectivity index (χ0n) is 12.6. The summed E-state index contributed by atoms with van der Waals surface area (Å²) >= 11 is 3.44. The first-order valence-electron chi connectivity index (χ1n) is 7.31. The molecule has 21 heavy (non-hydrogen) atoms. The average Bonchev–Trinajstić information content (AvgIpc) is 2.47. The van der Waals surface area contributed by atoms with E-state index in [0.717, 1.165) is 17.6 Å². The molecule has 0 spiro atoms. The van der Waals surface area contributed by atoms with Crippen molar-refractivity contribution in [3.8, 4) is 0 Å². The third-order valence-electron chi connectivity index (χ3n) is 3.78.